The molecule has 0 unspecified atom stereocenters. The van der Waals surface area contributed by atoms with Crippen molar-refractivity contribution in [3.8, 4) is 0 Å². The van der Waals surface area contributed by atoms with E-state index in [2.05, 4.69) is 35.2 Å². The molecule has 0 radical (unpaired) electrons. The summed E-state index contributed by atoms with van der Waals surface area (Å²) < 4.78 is 0. The first-order valence-corrected chi connectivity index (χ1v) is 9.36. The smallest absolute Gasteiger partial charge is 0.256 e. The second kappa shape index (κ2) is 7.92. The van der Waals surface area contributed by atoms with Crippen molar-refractivity contribution in [2.24, 2.45) is 0 Å². The molecule has 0 bridgehead atoms. The number of piperazine rings is 1. The fraction of sp³-hybridized carbons (Fsp3) is 0.421. The molecule has 1 aliphatic rings. The van der Waals surface area contributed by atoms with Gasteiger partial charge in [-0.05, 0) is 31.7 Å². The van der Waals surface area contributed by atoms with Gasteiger partial charge in [-0.2, -0.15) is 0 Å². The fourth-order valence-electron chi connectivity index (χ4n) is 2.90. The van der Waals surface area contributed by atoms with Gasteiger partial charge in [0.15, 0.2) is 0 Å². The summed E-state index contributed by atoms with van der Waals surface area (Å²) >= 11 is 1.70. The maximum atomic E-state index is 12.5. The molecule has 24 heavy (non-hydrogen) atoms. The Morgan fingerprint density at radius 2 is 1.88 bits per heavy atom. The van der Waals surface area contributed by atoms with Crippen LogP contribution in [0, 0.1) is 0 Å². The van der Waals surface area contributed by atoms with Crippen LogP contribution in [0.15, 0.2) is 36.4 Å². The van der Waals surface area contributed by atoms with Gasteiger partial charge in [0, 0.05) is 48.7 Å². The van der Waals surface area contributed by atoms with E-state index in [0.717, 1.165) is 44.1 Å². The molecule has 3 rings (SSSR count). The predicted molar refractivity (Wildman–Crippen MR) is 101 cm³/mol. The molecule has 0 atom stereocenters. The number of nitrogens with one attached hydrogen (secondary N) is 1. The van der Waals surface area contributed by atoms with Crippen LogP contribution in [-0.4, -0.2) is 48.9 Å². The molecular weight excluding hydrogens is 318 g/mol. The first kappa shape index (κ1) is 17.1. The first-order chi connectivity index (χ1) is 11.7. The van der Waals surface area contributed by atoms with Gasteiger partial charge in [-0.3, -0.25) is 9.69 Å². The SMILES string of the molecule is CCc1cc(CN2CCN(C)CC2)c(NC(=O)c2ccccc2)s1. The Labute approximate surface area is 148 Å². The molecule has 0 saturated carbocycles. The minimum atomic E-state index is -0.0280. The third-order valence-corrected chi connectivity index (χ3v) is 5.70. The lowest BCUT2D eigenvalue weighted by Crippen LogP contribution is -2.43. The molecular formula is C19H25N3OS. The van der Waals surface area contributed by atoms with E-state index < -0.39 is 0 Å². The third kappa shape index (κ3) is 4.23. The van der Waals surface area contributed by atoms with Crippen LogP contribution in [0.2, 0.25) is 0 Å². The molecule has 1 fully saturated rings. The van der Waals surface area contributed by atoms with Crippen molar-refractivity contribution in [2.75, 3.05) is 38.5 Å². The molecule has 2 aromatic rings. The number of carbonyl (C=O) groups is 1. The van der Waals surface area contributed by atoms with Crippen molar-refractivity contribution >= 4 is 22.2 Å². The number of amides is 1. The molecule has 0 aliphatic carbocycles. The van der Waals surface area contributed by atoms with Crippen molar-refractivity contribution in [3.63, 3.8) is 0 Å². The summed E-state index contributed by atoms with van der Waals surface area (Å²) in [6, 6.07) is 11.7. The fourth-order valence-corrected chi connectivity index (χ4v) is 3.90. The molecule has 5 heteroatoms. The van der Waals surface area contributed by atoms with Gasteiger partial charge < -0.3 is 10.2 Å². The van der Waals surface area contributed by atoms with Gasteiger partial charge in [0.1, 0.15) is 0 Å². The van der Waals surface area contributed by atoms with Gasteiger partial charge in [0.05, 0.1) is 5.00 Å². The first-order valence-electron chi connectivity index (χ1n) is 8.54. The molecule has 128 valence electrons. The van der Waals surface area contributed by atoms with E-state index in [4.69, 9.17) is 0 Å². The highest BCUT2D eigenvalue weighted by molar-refractivity contribution is 7.16. The minimum absolute atomic E-state index is 0.0280. The molecule has 2 heterocycles. The highest BCUT2D eigenvalue weighted by Crippen LogP contribution is 2.30. The van der Waals surface area contributed by atoms with Crippen molar-refractivity contribution < 1.29 is 4.79 Å². The quantitative estimate of drug-likeness (QED) is 0.905. The highest BCUT2D eigenvalue weighted by atomic mass is 32.1. The number of hydrogen-bond acceptors (Lipinski definition) is 4. The van der Waals surface area contributed by atoms with E-state index in [0.29, 0.717) is 5.56 Å². The number of carbonyl (C=O) groups excluding carboxylic acids is 1. The van der Waals surface area contributed by atoms with Gasteiger partial charge in [0.2, 0.25) is 0 Å². The lowest BCUT2D eigenvalue weighted by molar-refractivity contribution is 0.102. The zero-order chi connectivity index (χ0) is 16.9. The van der Waals surface area contributed by atoms with E-state index in [1.54, 1.807) is 11.3 Å². The van der Waals surface area contributed by atoms with Crippen LogP contribution in [0.4, 0.5) is 5.00 Å². The number of hydrogen-bond donors (Lipinski definition) is 1. The van der Waals surface area contributed by atoms with Crippen LogP contribution in [0.25, 0.3) is 0 Å². The van der Waals surface area contributed by atoms with Crippen LogP contribution >= 0.6 is 11.3 Å². The molecule has 1 aromatic heterocycles. The van der Waals surface area contributed by atoms with Crippen molar-refractivity contribution in [2.45, 2.75) is 19.9 Å². The molecule has 1 aliphatic heterocycles. The second-order valence-electron chi connectivity index (χ2n) is 6.32. The van der Waals surface area contributed by atoms with Gasteiger partial charge >= 0.3 is 0 Å². The van der Waals surface area contributed by atoms with Crippen molar-refractivity contribution in [1.29, 1.82) is 0 Å². The highest BCUT2D eigenvalue weighted by Gasteiger charge is 2.18. The number of nitrogens with zero attached hydrogens (tertiary/aromatic N) is 2. The normalized spacial score (nSPS) is 16.2. The average molecular weight is 343 g/mol. The van der Waals surface area contributed by atoms with Crippen LogP contribution < -0.4 is 5.32 Å². The van der Waals surface area contributed by atoms with E-state index in [1.165, 1.54) is 10.4 Å². The minimum Gasteiger partial charge on any atom is -0.313 e. The number of aryl methyl sites for hydroxylation is 1. The maximum absolute atomic E-state index is 12.5. The van der Waals surface area contributed by atoms with Gasteiger partial charge in [0.25, 0.3) is 5.91 Å². The number of likely N-dealkylation sites (N-methyl/N-ethyl adjacent to an activating group) is 1. The Balaban J connectivity index is 1.72. The zero-order valence-corrected chi connectivity index (χ0v) is 15.2. The molecule has 4 nitrogen and oxygen atoms in total. The summed E-state index contributed by atoms with van der Waals surface area (Å²) in [7, 11) is 2.17. The molecule has 0 spiro atoms. The monoisotopic (exact) mass is 343 g/mol. The Hall–Kier alpha value is -1.69. The summed E-state index contributed by atoms with van der Waals surface area (Å²) in [6.07, 6.45) is 1.00. The summed E-state index contributed by atoms with van der Waals surface area (Å²) in [5.41, 5.74) is 1.94. The van der Waals surface area contributed by atoms with E-state index in [1.807, 2.05) is 30.3 Å². The van der Waals surface area contributed by atoms with Gasteiger partial charge in [-0.15, -0.1) is 11.3 Å². The van der Waals surface area contributed by atoms with Crippen LogP contribution in [0.3, 0.4) is 0 Å². The van der Waals surface area contributed by atoms with Crippen LogP contribution in [0.1, 0.15) is 27.7 Å². The van der Waals surface area contributed by atoms with Gasteiger partial charge in [-0.25, -0.2) is 0 Å². The summed E-state index contributed by atoms with van der Waals surface area (Å²) in [5.74, 6) is -0.0280. The average Bonchev–Trinajstić information content (AvgIpc) is 2.99. The zero-order valence-electron chi connectivity index (χ0n) is 14.4. The molecule has 1 N–H and O–H groups in total. The van der Waals surface area contributed by atoms with E-state index in [-0.39, 0.29) is 5.91 Å². The molecule has 1 amide bonds. The predicted octanol–water partition coefficient (Wildman–Crippen LogP) is 3.31. The van der Waals surface area contributed by atoms with Crippen LogP contribution in [-0.2, 0) is 13.0 Å². The Kier molecular flexibility index (Phi) is 5.66. The maximum Gasteiger partial charge on any atom is 0.256 e. The summed E-state index contributed by atoms with van der Waals surface area (Å²) in [5, 5.41) is 4.12. The Morgan fingerprint density at radius 3 is 2.54 bits per heavy atom. The lowest BCUT2D eigenvalue weighted by atomic mass is 10.2. The standard InChI is InChI=1S/C19H25N3OS/c1-3-17-13-16(14-22-11-9-21(2)10-12-22)19(24-17)20-18(23)15-7-5-4-6-8-15/h4-8,13H,3,9-12,14H2,1-2H3,(H,20,23). The van der Waals surface area contributed by atoms with Crippen molar-refractivity contribution in [3.05, 3.63) is 52.4 Å². The lowest BCUT2D eigenvalue weighted by Gasteiger charge is -2.32. The third-order valence-electron chi connectivity index (χ3n) is 4.46. The second-order valence-corrected chi connectivity index (χ2v) is 7.46. The summed E-state index contributed by atoms with van der Waals surface area (Å²) in [4.78, 5) is 18.6. The molecule has 1 aromatic carbocycles. The number of benzene rings is 1. The van der Waals surface area contributed by atoms with E-state index in [9.17, 15) is 4.79 Å². The van der Waals surface area contributed by atoms with Crippen LogP contribution in [0.5, 0.6) is 0 Å². The largest absolute Gasteiger partial charge is 0.313 e. The van der Waals surface area contributed by atoms with Gasteiger partial charge in [-0.1, -0.05) is 25.1 Å². The topological polar surface area (TPSA) is 35.6 Å². The molecule has 1 saturated heterocycles. The number of anilines is 1. The summed E-state index contributed by atoms with van der Waals surface area (Å²) in [6.45, 7) is 7.45. The number of rotatable bonds is 5. The van der Waals surface area contributed by atoms with Crippen molar-refractivity contribution in [1.82, 2.24) is 9.80 Å². The van der Waals surface area contributed by atoms with E-state index >= 15 is 0 Å². The Bertz CT molecular complexity index is 675. The number of thiophene rings is 1. The Morgan fingerprint density at radius 1 is 1.17 bits per heavy atom.